The molecule has 0 bridgehead atoms. The van der Waals surface area contributed by atoms with Gasteiger partial charge < -0.3 is 20.1 Å². The third-order valence-corrected chi connectivity index (χ3v) is 3.96. The van der Waals surface area contributed by atoms with E-state index < -0.39 is 0 Å². The smallest absolute Gasteiger partial charge is 0.229 e. The largest absolute Gasteiger partial charge is 0.495 e. The molecule has 1 unspecified atom stereocenters. The topological polar surface area (TPSA) is 68.3 Å². The van der Waals surface area contributed by atoms with Gasteiger partial charge in [0.15, 0.2) is 5.82 Å². The highest BCUT2D eigenvalue weighted by Gasteiger charge is 2.16. The summed E-state index contributed by atoms with van der Waals surface area (Å²) in [5.41, 5.74) is 0.799. The Morgan fingerprint density at radius 1 is 1.39 bits per heavy atom. The Bertz CT molecular complexity index is 662. The van der Waals surface area contributed by atoms with Crippen LogP contribution in [0.1, 0.15) is 6.42 Å². The van der Waals surface area contributed by atoms with E-state index in [0.717, 1.165) is 37.6 Å². The van der Waals surface area contributed by atoms with Crippen molar-refractivity contribution in [1.82, 2.24) is 9.97 Å². The third kappa shape index (κ3) is 4.03. The fourth-order valence-electron chi connectivity index (χ4n) is 2.41. The zero-order valence-electron chi connectivity index (χ0n) is 12.9. The van der Waals surface area contributed by atoms with E-state index in [1.54, 1.807) is 13.3 Å². The molecule has 2 aromatic rings. The van der Waals surface area contributed by atoms with Gasteiger partial charge in [-0.2, -0.15) is 4.98 Å². The van der Waals surface area contributed by atoms with Crippen LogP contribution < -0.4 is 15.4 Å². The highest BCUT2D eigenvalue weighted by molar-refractivity contribution is 6.32. The van der Waals surface area contributed by atoms with Crippen LogP contribution in [0.4, 0.5) is 17.5 Å². The van der Waals surface area contributed by atoms with E-state index in [4.69, 9.17) is 21.1 Å². The summed E-state index contributed by atoms with van der Waals surface area (Å²) in [6, 6.07) is 7.60. The van der Waals surface area contributed by atoms with Gasteiger partial charge in [0.2, 0.25) is 5.95 Å². The molecule has 1 aliphatic heterocycles. The van der Waals surface area contributed by atoms with Crippen LogP contribution in [0.2, 0.25) is 5.02 Å². The SMILES string of the molecule is COc1ccccc1Nc1ncc(Cl)c(NCC2CCOC2)n1. The summed E-state index contributed by atoms with van der Waals surface area (Å²) in [6.45, 7) is 2.39. The number of benzene rings is 1. The van der Waals surface area contributed by atoms with Gasteiger partial charge in [-0.15, -0.1) is 0 Å². The van der Waals surface area contributed by atoms with E-state index >= 15 is 0 Å². The number of aromatic nitrogens is 2. The Morgan fingerprint density at radius 3 is 3.04 bits per heavy atom. The summed E-state index contributed by atoms with van der Waals surface area (Å²) < 4.78 is 10.7. The van der Waals surface area contributed by atoms with Crippen LogP contribution in [0.25, 0.3) is 0 Å². The van der Waals surface area contributed by atoms with Crippen LogP contribution in [0.3, 0.4) is 0 Å². The molecule has 1 aromatic heterocycles. The number of nitrogens with one attached hydrogen (secondary N) is 2. The second-order valence-electron chi connectivity index (χ2n) is 5.33. The van der Waals surface area contributed by atoms with E-state index in [9.17, 15) is 0 Å². The maximum Gasteiger partial charge on any atom is 0.229 e. The molecule has 0 saturated carbocycles. The monoisotopic (exact) mass is 334 g/mol. The quantitative estimate of drug-likeness (QED) is 0.844. The van der Waals surface area contributed by atoms with Crippen LogP contribution in [0.5, 0.6) is 5.75 Å². The molecule has 23 heavy (non-hydrogen) atoms. The first kappa shape index (κ1) is 15.8. The molecule has 1 aromatic carbocycles. The summed E-state index contributed by atoms with van der Waals surface area (Å²) in [5, 5.41) is 6.92. The Hall–Kier alpha value is -2.05. The van der Waals surface area contributed by atoms with Gasteiger partial charge in [0.05, 0.1) is 25.6 Å². The molecule has 0 aliphatic carbocycles. The van der Waals surface area contributed by atoms with E-state index in [2.05, 4.69) is 20.6 Å². The second kappa shape index (κ2) is 7.48. The van der Waals surface area contributed by atoms with Crippen molar-refractivity contribution in [2.75, 3.05) is 37.5 Å². The molecule has 7 heteroatoms. The lowest BCUT2D eigenvalue weighted by Gasteiger charge is -2.13. The Morgan fingerprint density at radius 2 is 2.26 bits per heavy atom. The molecule has 2 N–H and O–H groups in total. The Labute approximate surface area is 140 Å². The fraction of sp³-hybridized carbons (Fsp3) is 0.375. The van der Waals surface area contributed by atoms with Gasteiger partial charge in [0.1, 0.15) is 10.8 Å². The summed E-state index contributed by atoms with van der Waals surface area (Å²) in [4.78, 5) is 8.66. The van der Waals surface area contributed by atoms with Crippen molar-refractivity contribution in [3.8, 4) is 5.75 Å². The third-order valence-electron chi connectivity index (χ3n) is 3.68. The molecular formula is C16H19ClN4O2. The molecule has 2 heterocycles. The number of hydrogen-bond donors (Lipinski definition) is 2. The molecule has 1 atom stereocenters. The van der Waals surface area contributed by atoms with Crippen molar-refractivity contribution in [3.63, 3.8) is 0 Å². The molecule has 0 amide bonds. The van der Waals surface area contributed by atoms with Crippen molar-refractivity contribution in [3.05, 3.63) is 35.5 Å². The van der Waals surface area contributed by atoms with Crippen molar-refractivity contribution < 1.29 is 9.47 Å². The van der Waals surface area contributed by atoms with Crippen molar-refractivity contribution in [2.45, 2.75) is 6.42 Å². The predicted molar refractivity (Wildman–Crippen MR) is 90.7 cm³/mol. The van der Waals surface area contributed by atoms with Crippen LogP contribution >= 0.6 is 11.6 Å². The van der Waals surface area contributed by atoms with Gasteiger partial charge >= 0.3 is 0 Å². The first-order chi connectivity index (χ1) is 11.3. The minimum absolute atomic E-state index is 0.462. The second-order valence-corrected chi connectivity index (χ2v) is 5.73. The van der Waals surface area contributed by atoms with Crippen molar-refractivity contribution >= 4 is 29.1 Å². The van der Waals surface area contributed by atoms with Crippen molar-refractivity contribution in [2.24, 2.45) is 5.92 Å². The van der Waals surface area contributed by atoms with Crippen LogP contribution in [0, 0.1) is 5.92 Å². The highest BCUT2D eigenvalue weighted by atomic mass is 35.5. The van der Waals surface area contributed by atoms with Crippen LogP contribution in [-0.4, -0.2) is 36.8 Å². The van der Waals surface area contributed by atoms with Crippen LogP contribution in [0.15, 0.2) is 30.5 Å². The van der Waals surface area contributed by atoms with Crippen LogP contribution in [-0.2, 0) is 4.74 Å². The lowest BCUT2D eigenvalue weighted by atomic mass is 10.1. The first-order valence-electron chi connectivity index (χ1n) is 7.50. The minimum atomic E-state index is 0.462. The number of rotatable bonds is 6. The minimum Gasteiger partial charge on any atom is -0.495 e. The van der Waals surface area contributed by atoms with E-state index in [-0.39, 0.29) is 0 Å². The summed E-state index contributed by atoms with van der Waals surface area (Å²) in [5.74, 6) is 2.30. The lowest BCUT2D eigenvalue weighted by molar-refractivity contribution is 0.187. The first-order valence-corrected chi connectivity index (χ1v) is 7.88. The van der Waals surface area contributed by atoms with Gasteiger partial charge in [-0.1, -0.05) is 23.7 Å². The number of anilines is 3. The number of ether oxygens (including phenoxy) is 2. The van der Waals surface area contributed by atoms with E-state index in [1.807, 2.05) is 24.3 Å². The number of halogens is 1. The average molecular weight is 335 g/mol. The number of methoxy groups -OCH3 is 1. The molecule has 122 valence electrons. The lowest BCUT2D eigenvalue weighted by Crippen LogP contribution is -2.15. The fourth-order valence-corrected chi connectivity index (χ4v) is 2.56. The van der Waals surface area contributed by atoms with E-state index in [0.29, 0.717) is 22.7 Å². The van der Waals surface area contributed by atoms with Gasteiger partial charge in [0, 0.05) is 19.1 Å². The standard InChI is InChI=1S/C16H19ClN4O2/c1-22-14-5-3-2-4-13(14)20-16-19-9-12(17)15(21-16)18-8-11-6-7-23-10-11/h2-5,9,11H,6-8,10H2,1H3,(H2,18,19,20,21). The average Bonchev–Trinajstić information content (AvgIpc) is 3.09. The summed E-state index contributed by atoms with van der Waals surface area (Å²) in [7, 11) is 1.62. The normalized spacial score (nSPS) is 17.0. The zero-order valence-corrected chi connectivity index (χ0v) is 13.6. The maximum atomic E-state index is 6.17. The molecule has 3 rings (SSSR count). The van der Waals surface area contributed by atoms with Gasteiger partial charge in [-0.3, -0.25) is 0 Å². The van der Waals surface area contributed by atoms with Gasteiger partial charge in [-0.25, -0.2) is 4.98 Å². The summed E-state index contributed by atoms with van der Waals surface area (Å²) >= 11 is 6.17. The Kier molecular flexibility index (Phi) is 5.15. The Balaban J connectivity index is 1.71. The predicted octanol–water partition coefficient (Wildman–Crippen LogP) is 3.33. The molecular weight excluding hydrogens is 316 g/mol. The molecule has 0 spiro atoms. The maximum absolute atomic E-state index is 6.17. The molecule has 0 radical (unpaired) electrons. The molecule has 6 nitrogen and oxygen atoms in total. The molecule has 1 fully saturated rings. The van der Waals surface area contributed by atoms with Gasteiger partial charge in [0.25, 0.3) is 0 Å². The molecule has 1 saturated heterocycles. The number of nitrogens with zero attached hydrogens (tertiary/aromatic N) is 2. The number of para-hydroxylation sites is 2. The zero-order chi connectivity index (χ0) is 16.1. The summed E-state index contributed by atoms with van der Waals surface area (Å²) in [6.07, 6.45) is 2.64. The van der Waals surface area contributed by atoms with Gasteiger partial charge in [-0.05, 0) is 18.6 Å². The van der Waals surface area contributed by atoms with Crippen molar-refractivity contribution in [1.29, 1.82) is 0 Å². The number of hydrogen-bond acceptors (Lipinski definition) is 6. The van der Waals surface area contributed by atoms with E-state index in [1.165, 1.54) is 0 Å². The molecule has 1 aliphatic rings. The highest BCUT2D eigenvalue weighted by Crippen LogP contribution is 2.27.